The molecular weight excluding hydrogens is 404 g/mol. The van der Waals surface area contributed by atoms with Crippen LogP contribution in [0.5, 0.6) is 0 Å². The van der Waals surface area contributed by atoms with Crippen LogP contribution in [-0.2, 0) is 13.0 Å². The molecule has 2 aromatic carbocycles. The monoisotopic (exact) mass is 430 g/mol. The van der Waals surface area contributed by atoms with Crippen LogP contribution < -0.4 is 5.56 Å². The van der Waals surface area contributed by atoms with Crippen molar-refractivity contribution >= 4 is 27.3 Å². The van der Waals surface area contributed by atoms with E-state index in [0.29, 0.717) is 23.2 Å². The maximum Gasteiger partial charge on any atom is 0.263 e. The summed E-state index contributed by atoms with van der Waals surface area (Å²) in [4.78, 5) is 32.2. The van der Waals surface area contributed by atoms with Gasteiger partial charge in [-0.3, -0.25) is 14.2 Å². The zero-order chi connectivity index (χ0) is 22.1. The first-order valence-electron chi connectivity index (χ1n) is 10.6. The Hall–Kier alpha value is -3.05. The van der Waals surface area contributed by atoms with Gasteiger partial charge in [-0.05, 0) is 49.9 Å². The average molecular weight is 431 g/mol. The number of rotatable bonds is 6. The predicted octanol–water partition coefficient (Wildman–Crippen LogP) is 5.89. The van der Waals surface area contributed by atoms with Gasteiger partial charge in [-0.1, -0.05) is 48.9 Å². The number of Topliss-reactive ketones (excluding diaryl/α,β-unsaturated/α-hetero) is 1. The van der Waals surface area contributed by atoms with Crippen molar-refractivity contribution in [2.45, 2.75) is 47.1 Å². The van der Waals surface area contributed by atoms with Crippen LogP contribution in [0.4, 0.5) is 0 Å². The third kappa shape index (κ3) is 4.10. The van der Waals surface area contributed by atoms with Gasteiger partial charge in [0.1, 0.15) is 10.7 Å². The predicted molar refractivity (Wildman–Crippen MR) is 128 cm³/mol. The first-order valence-corrected chi connectivity index (χ1v) is 11.5. The molecule has 0 aliphatic carbocycles. The Morgan fingerprint density at radius 2 is 1.77 bits per heavy atom. The maximum absolute atomic E-state index is 13.6. The van der Waals surface area contributed by atoms with E-state index in [-0.39, 0.29) is 17.9 Å². The smallest absolute Gasteiger partial charge is 0.263 e. The molecule has 0 fully saturated rings. The fourth-order valence-corrected chi connectivity index (χ4v) is 4.70. The molecule has 2 aromatic heterocycles. The van der Waals surface area contributed by atoms with Crippen molar-refractivity contribution in [3.63, 3.8) is 0 Å². The Balaban J connectivity index is 1.83. The van der Waals surface area contributed by atoms with Crippen LogP contribution in [-0.4, -0.2) is 15.3 Å². The molecule has 0 saturated heterocycles. The minimum absolute atomic E-state index is 0.00277. The minimum Gasteiger partial charge on any atom is -0.292 e. The number of ketones is 1. The third-order valence-electron chi connectivity index (χ3n) is 5.74. The van der Waals surface area contributed by atoms with Gasteiger partial charge in [0.15, 0.2) is 5.78 Å². The normalized spacial score (nSPS) is 11.2. The van der Waals surface area contributed by atoms with E-state index in [1.54, 1.807) is 4.57 Å². The van der Waals surface area contributed by atoms with E-state index in [2.05, 4.69) is 6.92 Å². The lowest BCUT2D eigenvalue weighted by atomic mass is 10.0. The lowest BCUT2D eigenvalue weighted by molar-refractivity contribution is 0.0969. The number of fused-ring (bicyclic) bond motifs is 1. The Labute approximate surface area is 186 Å². The molecule has 0 unspecified atom stereocenters. The maximum atomic E-state index is 13.6. The zero-order valence-electron chi connectivity index (χ0n) is 18.4. The molecule has 4 nitrogen and oxygen atoms in total. The third-order valence-corrected chi connectivity index (χ3v) is 6.61. The molecule has 31 heavy (non-hydrogen) atoms. The molecule has 0 atom stereocenters. The van der Waals surface area contributed by atoms with Crippen molar-refractivity contribution < 1.29 is 4.79 Å². The number of thiophene rings is 1. The van der Waals surface area contributed by atoms with Crippen LogP contribution in [0.25, 0.3) is 21.3 Å². The van der Waals surface area contributed by atoms with Crippen molar-refractivity contribution in [2.75, 3.05) is 0 Å². The van der Waals surface area contributed by atoms with E-state index < -0.39 is 0 Å². The molecule has 0 amide bonds. The van der Waals surface area contributed by atoms with Crippen LogP contribution in [0.3, 0.4) is 0 Å². The summed E-state index contributed by atoms with van der Waals surface area (Å²) in [5.41, 5.74) is 5.75. The second kappa shape index (κ2) is 8.60. The van der Waals surface area contributed by atoms with Gasteiger partial charge in [0.05, 0.1) is 11.9 Å². The lowest BCUT2D eigenvalue weighted by Gasteiger charge is -2.13. The van der Waals surface area contributed by atoms with Crippen LogP contribution in [0, 0.1) is 20.8 Å². The molecule has 0 N–H and O–H groups in total. The standard InChI is InChI=1S/C26H26N2O2S/c1-5-6-23-27-25-24(21(15-31-25)19-10-7-16(2)8-11-19)26(30)28(23)14-22(29)20-12-9-17(3)18(4)13-20/h7-13,15H,5-6,14H2,1-4H3. The first kappa shape index (κ1) is 21.2. The molecule has 0 radical (unpaired) electrons. The fraction of sp³-hybridized carbons (Fsp3) is 0.269. The number of hydrogen-bond donors (Lipinski definition) is 0. The van der Waals surface area contributed by atoms with E-state index in [1.807, 2.05) is 68.6 Å². The molecule has 4 aromatic rings. The highest BCUT2D eigenvalue weighted by Gasteiger charge is 2.19. The summed E-state index contributed by atoms with van der Waals surface area (Å²) in [6, 6.07) is 13.8. The van der Waals surface area contributed by atoms with Gasteiger partial charge < -0.3 is 0 Å². The number of benzene rings is 2. The Kier molecular flexibility index (Phi) is 5.88. The van der Waals surface area contributed by atoms with E-state index in [1.165, 1.54) is 16.9 Å². The SMILES string of the molecule is CCCc1nc2scc(-c3ccc(C)cc3)c2c(=O)n1CC(=O)c1ccc(C)c(C)c1. The number of hydrogen-bond acceptors (Lipinski definition) is 4. The number of nitrogens with zero attached hydrogens (tertiary/aromatic N) is 2. The fourth-order valence-electron chi connectivity index (χ4n) is 3.74. The van der Waals surface area contributed by atoms with Crippen LogP contribution in [0.1, 0.15) is 46.2 Å². The van der Waals surface area contributed by atoms with E-state index >= 15 is 0 Å². The lowest BCUT2D eigenvalue weighted by Crippen LogP contribution is -2.28. The molecule has 5 heteroatoms. The molecule has 0 spiro atoms. The molecule has 0 saturated carbocycles. The second-order valence-electron chi connectivity index (χ2n) is 8.09. The van der Waals surface area contributed by atoms with Crippen LogP contribution in [0.15, 0.2) is 52.6 Å². The topological polar surface area (TPSA) is 52.0 Å². The van der Waals surface area contributed by atoms with Gasteiger partial charge >= 0.3 is 0 Å². The highest BCUT2D eigenvalue weighted by Crippen LogP contribution is 2.31. The van der Waals surface area contributed by atoms with Crippen molar-refractivity contribution in [1.82, 2.24) is 9.55 Å². The second-order valence-corrected chi connectivity index (χ2v) is 8.95. The molecule has 0 bridgehead atoms. The van der Waals surface area contributed by atoms with Gasteiger partial charge in [0, 0.05) is 22.9 Å². The summed E-state index contributed by atoms with van der Waals surface area (Å²) in [5, 5.41) is 2.59. The van der Waals surface area contributed by atoms with Gasteiger partial charge in [0.25, 0.3) is 5.56 Å². The largest absolute Gasteiger partial charge is 0.292 e. The van der Waals surface area contributed by atoms with Crippen LogP contribution in [0.2, 0.25) is 0 Å². The van der Waals surface area contributed by atoms with Gasteiger partial charge in [-0.2, -0.15) is 0 Å². The van der Waals surface area contributed by atoms with E-state index in [4.69, 9.17) is 4.98 Å². The summed E-state index contributed by atoms with van der Waals surface area (Å²) in [5.74, 6) is 0.602. The van der Waals surface area contributed by atoms with Crippen LogP contribution >= 0.6 is 11.3 Å². The van der Waals surface area contributed by atoms with E-state index in [0.717, 1.165) is 33.5 Å². The number of aryl methyl sites for hydroxylation is 4. The minimum atomic E-state index is -0.137. The van der Waals surface area contributed by atoms with Gasteiger partial charge in [0.2, 0.25) is 0 Å². The summed E-state index contributed by atoms with van der Waals surface area (Å²) in [6.07, 6.45) is 1.51. The number of aromatic nitrogens is 2. The quantitative estimate of drug-likeness (QED) is 0.359. The highest BCUT2D eigenvalue weighted by molar-refractivity contribution is 7.17. The van der Waals surface area contributed by atoms with Gasteiger partial charge in [-0.25, -0.2) is 4.98 Å². The molecule has 0 aliphatic rings. The van der Waals surface area contributed by atoms with Crippen molar-refractivity contribution in [3.05, 3.63) is 86.3 Å². The highest BCUT2D eigenvalue weighted by atomic mass is 32.1. The summed E-state index contributed by atoms with van der Waals surface area (Å²) >= 11 is 1.49. The first-order chi connectivity index (χ1) is 14.9. The number of carbonyl (C=O) groups excluding carboxylic acids is 1. The van der Waals surface area contributed by atoms with Crippen molar-refractivity contribution in [2.24, 2.45) is 0 Å². The summed E-state index contributed by atoms with van der Waals surface area (Å²) < 4.78 is 1.58. The average Bonchev–Trinajstić information content (AvgIpc) is 3.17. The molecule has 0 aliphatic heterocycles. The Morgan fingerprint density at radius 1 is 1.03 bits per heavy atom. The molecule has 158 valence electrons. The Morgan fingerprint density at radius 3 is 2.45 bits per heavy atom. The van der Waals surface area contributed by atoms with Crippen molar-refractivity contribution in [1.29, 1.82) is 0 Å². The van der Waals surface area contributed by atoms with E-state index in [9.17, 15) is 9.59 Å². The van der Waals surface area contributed by atoms with Gasteiger partial charge in [-0.15, -0.1) is 11.3 Å². The molecule has 4 rings (SSSR count). The zero-order valence-corrected chi connectivity index (χ0v) is 19.2. The summed E-state index contributed by atoms with van der Waals surface area (Å²) in [7, 11) is 0. The Bertz CT molecular complexity index is 1330. The molecule has 2 heterocycles. The molecular formula is C26H26N2O2S. The number of carbonyl (C=O) groups is 1. The van der Waals surface area contributed by atoms with Crippen molar-refractivity contribution in [3.8, 4) is 11.1 Å². The summed E-state index contributed by atoms with van der Waals surface area (Å²) in [6.45, 7) is 8.11.